The molecule has 0 heterocycles. The molecule has 6 nitrogen and oxygen atoms in total. The van der Waals surface area contributed by atoms with Crippen molar-refractivity contribution in [2.24, 2.45) is 0 Å². The minimum atomic E-state index is -0.607. The van der Waals surface area contributed by atoms with Crippen molar-refractivity contribution in [1.29, 1.82) is 0 Å². The zero-order valence-corrected chi connectivity index (χ0v) is 12.4. The minimum Gasteiger partial charge on any atom is -0.491 e. The molecule has 0 aliphatic heterocycles. The van der Waals surface area contributed by atoms with Gasteiger partial charge < -0.3 is 15.2 Å². The first-order valence-electron chi connectivity index (χ1n) is 6.31. The summed E-state index contributed by atoms with van der Waals surface area (Å²) in [6.45, 7) is 4.73. The van der Waals surface area contributed by atoms with E-state index in [4.69, 9.17) is 4.74 Å². The summed E-state index contributed by atoms with van der Waals surface area (Å²) in [5.41, 5.74) is 0.0198. The van der Waals surface area contributed by atoms with E-state index in [0.717, 1.165) is 6.42 Å². The Morgan fingerprint density at radius 2 is 2.00 bits per heavy atom. The first-order valence-corrected chi connectivity index (χ1v) is 6.31. The van der Waals surface area contributed by atoms with E-state index in [9.17, 15) is 15.2 Å². The third-order valence-corrected chi connectivity index (χ3v) is 2.80. The molecule has 0 saturated carbocycles. The molecule has 0 fully saturated rings. The van der Waals surface area contributed by atoms with Gasteiger partial charge in [0.1, 0.15) is 18.5 Å². The number of nitro benzene ring substituents is 1. The van der Waals surface area contributed by atoms with Gasteiger partial charge >= 0.3 is 0 Å². The Kier molecular flexibility index (Phi) is 8.87. The van der Waals surface area contributed by atoms with Crippen LogP contribution in [0.1, 0.15) is 20.3 Å². The quantitative estimate of drug-likeness (QED) is 0.568. The molecule has 1 aromatic carbocycles. The van der Waals surface area contributed by atoms with Gasteiger partial charge in [-0.1, -0.05) is 6.92 Å². The van der Waals surface area contributed by atoms with Crippen LogP contribution in [0.2, 0.25) is 0 Å². The van der Waals surface area contributed by atoms with Gasteiger partial charge in [-0.15, -0.1) is 12.4 Å². The Balaban J connectivity index is 0.00000361. The van der Waals surface area contributed by atoms with Crippen molar-refractivity contribution in [2.75, 3.05) is 13.2 Å². The molecule has 0 aliphatic rings. The molecule has 0 bridgehead atoms. The van der Waals surface area contributed by atoms with E-state index in [1.54, 1.807) is 0 Å². The lowest BCUT2D eigenvalue weighted by atomic mass is 10.2. The van der Waals surface area contributed by atoms with Gasteiger partial charge in [-0.05, 0) is 25.5 Å². The van der Waals surface area contributed by atoms with Gasteiger partial charge in [0.15, 0.2) is 0 Å². The average Bonchev–Trinajstić information content (AvgIpc) is 2.42. The van der Waals surface area contributed by atoms with Crippen molar-refractivity contribution in [3.63, 3.8) is 0 Å². The first kappa shape index (κ1) is 18.6. The van der Waals surface area contributed by atoms with Gasteiger partial charge in [0.05, 0.1) is 4.92 Å². The molecule has 0 spiro atoms. The lowest BCUT2D eigenvalue weighted by Crippen LogP contribution is -2.36. The molecule has 1 aromatic rings. The van der Waals surface area contributed by atoms with E-state index in [1.807, 2.05) is 6.92 Å². The average molecular weight is 305 g/mol. The van der Waals surface area contributed by atoms with Crippen LogP contribution in [0.25, 0.3) is 0 Å². The van der Waals surface area contributed by atoms with E-state index in [2.05, 4.69) is 12.2 Å². The first-order chi connectivity index (χ1) is 9.02. The topological polar surface area (TPSA) is 84.6 Å². The highest BCUT2D eigenvalue weighted by atomic mass is 35.5. The maximum Gasteiger partial charge on any atom is 0.269 e. The Morgan fingerprint density at radius 3 is 2.50 bits per heavy atom. The summed E-state index contributed by atoms with van der Waals surface area (Å²) in [6, 6.07) is 6.15. The third kappa shape index (κ3) is 6.70. The Morgan fingerprint density at radius 1 is 1.40 bits per heavy atom. The molecule has 2 atom stereocenters. The van der Waals surface area contributed by atoms with Crippen LogP contribution in [0.3, 0.4) is 0 Å². The van der Waals surface area contributed by atoms with Crippen LogP contribution in [0.4, 0.5) is 5.69 Å². The van der Waals surface area contributed by atoms with Gasteiger partial charge in [0.25, 0.3) is 5.69 Å². The van der Waals surface area contributed by atoms with Gasteiger partial charge in [0.2, 0.25) is 0 Å². The fourth-order valence-corrected chi connectivity index (χ4v) is 1.40. The van der Waals surface area contributed by atoms with E-state index in [-0.39, 0.29) is 24.7 Å². The Bertz CT molecular complexity index is 400. The van der Waals surface area contributed by atoms with Gasteiger partial charge in [-0.25, -0.2) is 0 Å². The number of nitrogens with zero attached hydrogens (tertiary/aromatic N) is 1. The number of aliphatic hydroxyl groups excluding tert-OH is 1. The molecule has 0 amide bonds. The van der Waals surface area contributed by atoms with Crippen LogP contribution in [0.5, 0.6) is 5.75 Å². The molecular weight excluding hydrogens is 284 g/mol. The molecule has 7 heteroatoms. The highest BCUT2D eigenvalue weighted by molar-refractivity contribution is 5.85. The predicted molar refractivity (Wildman–Crippen MR) is 79.6 cm³/mol. The zero-order chi connectivity index (χ0) is 14.3. The molecule has 0 radical (unpaired) electrons. The van der Waals surface area contributed by atoms with E-state index < -0.39 is 11.0 Å². The SMILES string of the molecule is CCC(C)NCC(O)COc1ccc([N+](=O)[O-])cc1.Cl. The van der Waals surface area contributed by atoms with Crippen LogP contribution in [-0.4, -0.2) is 35.3 Å². The number of benzene rings is 1. The van der Waals surface area contributed by atoms with E-state index in [1.165, 1.54) is 24.3 Å². The van der Waals surface area contributed by atoms with Crippen LogP contribution in [0, 0.1) is 10.1 Å². The minimum absolute atomic E-state index is 0. The number of non-ortho nitro benzene ring substituents is 1. The second-order valence-corrected chi connectivity index (χ2v) is 4.43. The van der Waals surface area contributed by atoms with Crippen molar-refractivity contribution in [3.05, 3.63) is 34.4 Å². The summed E-state index contributed by atoms with van der Waals surface area (Å²) < 4.78 is 5.36. The van der Waals surface area contributed by atoms with Gasteiger partial charge in [-0.3, -0.25) is 10.1 Å². The Hall–Kier alpha value is -1.37. The number of rotatable bonds is 8. The van der Waals surface area contributed by atoms with Gasteiger partial charge in [0, 0.05) is 24.7 Å². The summed E-state index contributed by atoms with van der Waals surface area (Å²) in [6.07, 6.45) is 0.389. The fraction of sp³-hybridized carbons (Fsp3) is 0.538. The monoisotopic (exact) mass is 304 g/mol. The maximum atomic E-state index is 10.5. The highest BCUT2D eigenvalue weighted by Gasteiger charge is 2.08. The fourth-order valence-electron chi connectivity index (χ4n) is 1.40. The largest absolute Gasteiger partial charge is 0.491 e. The molecule has 20 heavy (non-hydrogen) atoms. The standard InChI is InChI=1S/C13H20N2O4.ClH/c1-3-10(2)14-8-12(16)9-19-13-6-4-11(5-7-13)15(17)18;/h4-7,10,12,14,16H,3,8-9H2,1-2H3;1H. The lowest BCUT2D eigenvalue weighted by Gasteiger charge is -2.16. The lowest BCUT2D eigenvalue weighted by molar-refractivity contribution is -0.384. The molecular formula is C13H21ClN2O4. The van der Waals surface area contributed by atoms with E-state index >= 15 is 0 Å². The number of hydrogen-bond donors (Lipinski definition) is 2. The van der Waals surface area contributed by atoms with Crippen molar-refractivity contribution < 1.29 is 14.8 Å². The molecule has 0 aromatic heterocycles. The summed E-state index contributed by atoms with van der Waals surface area (Å²) in [5, 5.41) is 23.3. The molecule has 2 unspecified atom stereocenters. The summed E-state index contributed by atoms with van der Waals surface area (Å²) in [5.74, 6) is 0.508. The number of halogens is 1. The summed E-state index contributed by atoms with van der Waals surface area (Å²) >= 11 is 0. The summed E-state index contributed by atoms with van der Waals surface area (Å²) in [7, 11) is 0. The van der Waals surface area contributed by atoms with Crippen LogP contribution in [0.15, 0.2) is 24.3 Å². The number of nitro groups is 1. The predicted octanol–water partition coefficient (Wildman–Crippen LogP) is 2.14. The van der Waals surface area contributed by atoms with Crippen molar-refractivity contribution in [1.82, 2.24) is 5.32 Å². The van der Waals surface area contributed by atoms with Crippen LogP contribution < -0.4 is 10.1 Å². The molecule has 1 rings (SSSR count). The number of aliphatic hydroxyl groups is 1. The molecule has 0 aliphatic carbocycles. The number of nitrogens with one attached hydrogen (secondary N) is 1. The second-order valence-electron chi connectivity index (χ2n) is 4.43. The second kappa shape index (κ2) is 9.52. The molecule has 114 valence electrons. The highest BCUT2D eigenvalue weighted by Crippen LogP contribution is 2.17. The zero-order valence-electron chi connectivity index (χ0n) is 11.6. The number of ether oxygens (including phenoxy) is 1. The Labute approximate surface area is 124 Å². The van der Waals surface area contributed by atoms with Crippen LogP contribution in [-0.2, 0) is 0 Å². The van der Waals surface area contributed by atoms with Crippen molar-refractivity contribution in [3.8, 4) is 5.75 Å². The summed E-state index contributed by atoms with van der Waals surface area (Å²) in [4.78, 5) is 10.0. The van der Waals surface area contributed by atoms with Gasteiger partial charge in [-0.2, -0.15) is 0 Å². The third-order valence-electron chi connectivity index (χ3n) is 2.80. The van der Waals surface area contributed by atoms with E-state index in [0.29, 0.717) is 18.3 Å². The number of hydrogen-bond acceptors (Lipinski definition) is 5. The molecule has 2 N–H and O–H groups in total. The maximum absolute atomic E-state index is 10.5. The molecule has 0 saturated heterocycles. The van der Waals surface area contributed by atoms with Crippen LogP contribution >= 0.6 is 12.4 Å². The van der Waals surface area contributed by atoms with Crippen molar-refractivity contribution in [2.45, 2.75) is 32.4 Å². The smallest absolute Gasteiger partial charge is 0.269 e. The normalized spacial score (nSPS) is 13.2. The van der Waals surface area contributed by atoms with Crippen molar-refractivity contribution >= 4 is 18.1 Å².